The molecule has 0 aromatic heterocycles. The van der Waals surface area contributed by atoms with Gasteiger partial charge in [0.25, 0.3) is 0 Å². The second-order valence-corrected chi connectivity index (χ2v) is 4.19. The minimum Gasteiger partial charge on any atom is -0.372 e. The van der Waals surface area contributed by atoms with Gasteiger partial charge in [-0.3, -0.25) is 4.79 Å². The molecule has 0 aliphatic carbocycles. The molecule has 15 heavy (non-hydrogen) atoms. The fourth-order valence-corrected chi connectivity index (χ4v) is 1.77. The Bertz CT molecular complexity index is 189. The van der Waals surface area contributed by atoms with E-state index in [1.165, 1.54) is 12.8 Å². The number of carbonyl (C=O) groups excluding carboxylic acids is 1. The van der Waals surface area contributed by atoms with E-state index in [-0.39, 0.29) is 12.5 Å². The number of likely N-dealkylation sites (tertiary alicyclic amines) is 1. The Kier molecular flexibility index (Phi) is 5.65. The highest BCUT2D eigenvalue weighted by Gasteiger charge is 2.16. The minimum absolute atomic E-state index is 0.00998. The average Bonchev–Trinajstić information content (AvgIpc) is 2.25. The summed E-state index contributed by atoms with van der Waals surface area (Å²) in [6.07, 6.45) is 2.37. The molecule has 1 heterocycles. The van der Waals surface area contributed by atoms with E-state index in [1.807, 2.05) is 6.92 Å². The van der Waals surface area contributed by atoms with Gasteiger partial charge in [0, 0.05) is 13.2 Å². The zero-order valence-corrected chi connectivity index (χ0v) is 9.79. The molecular weight excluding hydrogens is 192 g/mol. The Morgan fingerprint density at radius 1 is 1.47 bits per heavy atom. The fourth-order valence-electron chi connectivity index (χ4n) is 1.77. The molecule has 0 bridgehead atoms. The first-order valence-corrected chi connectivity index (χ1v) is 5.75. The third kappa shape index (κ3) is 5.14. The molecule has 0 unspecified atom stereocenters. The lowest BCUT2D eigenvalue weighted by atomic mass is 9.97. The first-order valence-electron chi connectivity index (χ1n) is 5.75. The van der Waals surface area contributed by atoms with Gasteiger partial charge in [0.1, 0.15) is 6.61 Å². The molecule has 1 aliphatic rings. The quantitative estimate of drug-likeness (QED) is 0.724. The van der Waals surface area contributed by atoms with Crippen LogP contribution < -0.4 is 5.32 Å². The molecule has 1 amide bonds. The number of rotatable bonds is 5. The second kappa shape index (κ2) is 6.80. The van der Waals surface area contributed by atoms with Gasteiger partial charge in [0.2, 0.25) is 5.91 Å². The lowest BCUT2D eigenvalue weighted by Gasteiger charge is -2.28. The Morgan fingerprint density at radius 2 is 2.13 bits per heavy atom. The normalized spacial score (nSPS) is 19.1. The number of hydrogen-bond acceptors (Lipinski definition) is 3. The number of nitrogens with zero attached hydrogens (tertiary/aromatic N) is 1. The molecule has 4 nitrogen and oxygen atoms in total. The smallest absolute Gasteiger partial charge is 0.246 e. The van der Waals surface area contributed by atoms with Gasteiger partial charge in [-0.1, -0.05) is 0 Å². The molecule has 0 atom stereocenters. The molecule has 1 saturated heterocycles. The molecule has 4 heteroatoms. The van der Waals surface area contributed by atoms with Crippen LogP contribution in [0.5, 0.6) is 0 Å². The van der Waals surface area contributed by atoms with Crippen LogP contribution in [0.4, 0.5) is 0 Å². The Hall–Kier alpha value is -0.610. The third-order valence-electron chi connectivity index (χ3n) is 2.86. The lowest BCUT2D eigenvalue weighted by Crippen LogP contribution is -2.38. The molecule has 0 spiro atoms. The topological polar surface area (TPSA) is 41.6 Å². The van der Waals surface area contributed by atoms with E-state index >= 15 is 0 Å². The lowest BCUT2D eigenvalue weighted by molar-refractivity contribution is -0.125. The highest BCUT2D eigenvalue weighted by Crippen LogP contribution is 2.14. The van der Waals surface area contributed by atoms with Gasteiger partial charge in [-0.15, -0.1) is 0 Å². The van der Waals surface area contributed by atoms with Crippen LogP contribution in [0, 0.1) is 5.92 Å². The number of nitrogens with one attached hydrogen (secondary N) is 1. The molecular formula is C11H22N2O2. The van der Waals surface area contributed by atoms with E-state index in [9.17, 15) is 4.79 Å². The van der Waals surface area contributed by atoms with Crippen molar-refractivity contribution in [3.05, 3.63) is 0 Å². The standard InChI is InChI=1S/C11H22N2O2/c1-3-15-9-11(14)12-8-10-4-6-13(2)7-5-10/h10H,3-9H2,1-2H3,(H,12,14). The Balaban J connectivity index is 2.06. The van der Waals surface area contributed by atoms with E-state index in [0.717, 1.165) is 19.6 Å². The maximum Gasteiger partial charge on any atom is 0.246 e. The maximum atomic E-state index is 11.3. The Morgan fingerprint density at radius 3 is 2.73 bits per heavy atom. The molecule has 1 rings (SSSR count). The summed E-state index contributed by atoms with van der Waals surface area (Å²) in [6, 6.07) is 0. The van der Waals surface area contributed by atoms with Crippen molar-refractivity contribution in [2.45, 2.75) is 19.8 Å². The summed E-state index contributed by atoms with van der Waals surface area (Å²) in [5, 5.41) is 2.92. The van der Waals surface area contributed by atoms with Gasteiger partial charge in [0.05, 0.1) is 0 Å². The monoisotopic (exact) mass is 214 g/mol. The minimum atomic E-state index is 0.00998. The third-order valence-corrected chi connectivity index (χ3v) is 2.86. The molecule has 0 aromatic carbocycles. The van der Waals surface area contributed by atoms with Crippen molar-refractivity contribution in [3.8, 4) is 0 Å². The highest BCUT2D eigenvalue weighted by atomic mass is 16.5. The van der Waals surface area contributed by atoms with E-state index in [4.69, 9.17) is 4.74 Å². The summed E-state index contributed by atoms with van der Waals surface area (Å²) in [5.41, 5.74) is 0. The first kappa shape index (κ1) is 12.5. The largest absolute Gasteiger partial charge is 0.372 e. The summed E-state index contributed by atoms with van der Waals surface area (Å²) in [5.74, 6) is 0.655. The van der Waals surface area contributed by atoms with Gasteiger partial charge < -0.3 is 15.0 Å². The zero-order chi connectivity index (χ0) is 11.1. The van der Waals surface area contributed by atoms with E-state index < -0.39 is 0 Å². The SMILES string of the molecule is CCOCC(=O)NCC1CCN(C)CC1. The van der Waals surface area contributed by atoms with Crippen molar-refractivity contribution < 1.29 is 9.53 Å². The second-order valence-electron chi connectivity index (χ2n) is 4.19. The van der Waals surface area contributed by atoms with Crippen molar-refractivity contribution in [2.24, 2.45) is 5.92 Å². The predicted octanol–water partition coefficient (Wildman–Crippen LogP) is 0.481. The molecule has 1 aliphatic heterocycles. The highest BCUT2D eigenvalue weighted by molar-refractivity contribution is 5.77. The number of hydrogen-bond donors (Lipinski definition) is 1. The van der Waals surface area contributed by atoms with Gasteiger partial charge >= 0.3 is 0 Å². The number of carbonyl (C=O) groups is 1. The van der Waals surface area contributed by atoms with E-state index in [0.29, 0.717) is 12.5 Å². The first-order chi connectivity index (χ1) is 7.22. The molecule has 1 fully saturated rings. The maximum absolute atomic E-state index is 11.3. The van der Waals surface area contributed by atoms with Gasteiger partial charge in [0.15, 0.2) is 0 Å². The number of ether oxygens (including phenoxy) is 1. The molecule has 0 saturated carbocycles. The summed E-state index contributed by atoms with van der Waals surface area (Å²) in [6.45, 7) is 5.78. The zero-order valence-electron chi connectivity index (χ0n) is 9.79. The fraction of sp³-hybridized carbons (Fsp3) is 0.909. The van der Waals surface area contributed by atoms with Crippen molar-refractivity contribution in [1.82, 2.24) is 10.2 Å². The van der Waals surface area contributed by atoms with Crippen molar-refractivity contribution >= 4 is 5.91 Å². The number of piperidine rings is 1. The molecule has 0 aromatic rings. The van der Waals surface area contributed by atoms with Crippen LogP contribution in [0.1, 0.15) is 19.8 Å². The average molecular weight is 214 g/mol. The van der Waals surface area contributed by atoms with Crippen LogP contribution in [0.15, 0.2) is 0 Å². The van der Waals surface area contributed by atoms with Crippen molar-refractivity contribution in [1.29, 1.82) is 0 Å². The van der Waals surface area contributed by atoms with E-state index in [1.54, 1.807) is 0 Å². The van der Waals surface area contributed by atoms with Crippen LogP contribution in [-0.2, 0) is 9.53 Å². The van der Waals surface area contributed by atoms with E-state index in [2.05, 4.69) is 17.3 Å². The molecule has 88 valence electrons. The predicted molar refractivity (Wildman–Crippen MR) is 59.7 cm³/mol. The van der Waals surface area contributed by atoms with Gasteiger partial charge in [-0.25, -0.2) is 0 Å². The summed E-state index contributed by atoms with van der Waals surface area (Å²) < 4.78 is 5.03. The summed E-state index contributed by atoms with van der Waals surface area (Å²) in [4.78, 5) is 13.6. The van der Waals surface area contributed by atoms with Crippen LogP contribution >= 0.6 is 0 Å². The summed E-state index contributed by atoms with van der Waals surface area (Å²) in [7, 11) is 2.14. The van der Waals surface area contributed by atoms with Crippen molar-refractivity contribution in [3.63, 3.8) is 0 Å². The van der Waals surface area contributed by atoms with Crippen LogP contribution in [0.25, 0.3) is 0 Å². The van der Waals surface area contributed by atoms with Crippen LogP contribution in [-0.4, -0.2) is 50.7 Å². The summed E-state index contributed by atoms with van der Waals surface area (Å²) >= 11 is 0. The number of amides is 1. The van der Waals surface area contributed by atoms with Crippen molar-refractivity contribution in [2.75, 3.05) is 39.9 Å². The van der Waals surface area contributed by atoms with Crippen LogP contribution in [0.3, 0.4) is 0 Å². The van der Waals surface area contributed by atoms with Gasteiger partial charge in [-0.2, -0.15) is 0 Å². The molecule has 0 radical (unpaired) electrons. The van der Waals surface area contributed by atoms with Crippen LogP contribution in [0.2, 0.25) is 0 Å². The van der Waals surface area contributed by atoms with Gasteiger partial charge in [-0.05, 0) is 45.8 Å². The molecule has 1 N–H and O–H groups in total. The Labute approximate surface area is 92.0 Å².